The third kappa shape index (κ3) is 3.11. The molecule has 0 unspecified atom stereocenters. The molecule has 0 aliphatic carbocycles. The lowest BCUT2D eigenvalue weighted by molar-refractivity contribution is -0.384. The highest BCUT2D eigenvalue weighted by Gasteiger charge is 2.32. The maximum atomic E-state index is 13.0. The Morgan fingerprint density at radius 1 is 1.07 bits per heavy atom. The average molecular weight is 426 g/mol. The first-order valence-electron chi connectivity index (χ1n) is 8.98. The molecule has 152 valence electrons. The zero-order valence-corrected chi connectivity index (χ0v) is 16.8. The number of fused-ring (bicyclic) bond motifs is 1. The molecule has 2 aromatic carbocycles. The van der Waals surface area contributed by atoms with Gasteiger partial charge in [0, 0.05) is 42.7 Å². The van der Waals surface area contributed by atoms with Crippen molar-refractivity contribution in [3.63, 3.8) is 0 Å². The molecule has 3 aromatic rings. The Bertz CT molecular complexity index is 1320. The van der Waals surface area contributed by atoms with Crippen molar-refractivity contribution in [2.75, 3.05) is 0 Å². The Morgan fingerprint density at radius 3 is 2.43 bits per heavy atom. The van der Waals surface area contributed by atoms with E-state index in [1.165, 1.54) is 36.9 Å². The Morgan fingerprint density at radius 2 is 1.77 bits per heavy atom. The Hall–Kier alpha value is -3.65. The number of hydrogen-bond donors (Lipinski definition) is 0. The predicted molar refractivity (Wildman–Crippen MR) is 112 cm³/mol. The summed E-state index contributed by atoms with van der Waals surface area (Å²) >= 11 is 6.39. The largest absolute Gasteiger partial charge is 0.440 e. The van der Waals surface area contributed by atoms with Crippen molar-refractivity contribution in [3.05, 3.63) is 107 Å². The highest BCUT2D eigenvalue weighted by molar-refractivity contribution is 6.31. The van der Waals surface area contributed by atoms with Crippen LogP contribution in [0.25, 0.3) is 5.76 Å². The molecule has 30 heavy (non-hydrogen) atoms. The van der Waals surface area contributed by atoms with E-state index in [2.05, 4.69) is 0 Å². The molecule has 2 heterocycles. The molecule has 0 spiro atoms. The summed E-state index contributed by atoms with van der Waals surface area (Å²) in [6, 6.07) is 13.2. The number of ether oxygens (including phenoxy) is 1. The lowest BCUT2D eigenvalue weighted by atomic mass is 9.89. The van der Waals surface area contributed by atoms with Crippen molar-refractivity contribution in [3.8, 4) is 5.88 Å². The maximum absolute atomic E-state index is 13.0. The SMILES string of the molecule is Cn1c2c(c(=O)n(C)c1=O)[C@H](c1cc([N+](=O)[O-])ccc1Cl)C=C(c1ccccc1)O2. The normalized spacial score (nSPS) is 15.2. The van der Waals surface area contributed by atoms with E-state index in [-0.39, 0.29) is 22.2 Å². The highest BCUT2D eigenvalue weighted by Crippen LogP contribution is 2.41. The van der Waals surface area contributed by atoms with Crippen LogP contribution in [0.1, 0.15) is 22.6 Å². The summed E-state index contributed by atoms with van der Waals surface area (Å²) in [5.74, 6) is -0.252. The smallest absolute Gasteiger partial charge is 0.333 e. The number of allylic oxidation sites excluding steroid dienone is 1. The molecule has 0 radical (unpaired) electrons. The summed E-state index contributed by atoms with van der Waals surface area (Å²) in [6.45, 7) is 0. The lowest BCUT2D eigenvalue weighted by Crippen LogP contribution is -2.41. The number of non-ortho nitro benzene ring substituents is 1. The van der Waals surface area contributed by atoms with Gasteiger partial charge in [-0.25, -0.2) is 4.79 Å². The molecule has 0 saturated carbocycles. The van der Waals surface area contributed by atoms with Crippen molar-refractivity contribution >= 4 is 23.0 Å². The van der Waals surface area contributed by atoms with Gasteiger partial charge in [0.2, 0.25) is 5.88 Å². The number of hydrogen-bond acceptors (Lipinski definition) is 5. The molecule has 1 aliphatic rings. The number of halogens is 1. The topological polar surface area (TPSA) is 96.4 Å². The van der Waals surface area contributed by atoms with Gasteiger partial charge in [0.25, 0.3) is 11.2 Å². The number of aromatic nitrogens is 2. The van der Waals surface area contributed by atoms with Crippen molar-refractivity contribution < 1.29 is 9.66 Å². The van der Waals surface area contributed by atoms with E-state index >= 15 is 0 Å². The van der Waals surface area contributed by atoms with Crippen molar-refractivity contribution in [2.24, 2.45) is 14.1 Å². The minimum Gasteiger partial charge on any atom is -0.440 e. The van der Waals surface area contributed by atoms with Crippen molar-refractivity contribution in [1.29, 1.82) is 0 Å². The fourth-order valence-corrected chi connectivity index (χ4v) is 3.73. The molecule has 0 fully saturated rings. The van der Waals surface area contributed by atoms with Crippen molar-refractivity contribution in [1.82, 2.24) is 9.13 Å². The molecule has 0 saturated heterocycles. The number of nitro groups is 1. The summed E-state index contributed by atoms with van der Waals surface area (Å²) in [6.07, 6.45) is 1.69. The Kier molecular flexibility index (Phi) is 4.79. The first kappa shape index (κ1) is 19.7. The van der Waals surface area contributed by atoms with Gasteiger partial charge in [-0.2, -0.15) is 0 Å². The van der Waals surface area contributed by atoms with E-state index in [9.17, 15) is 19.7 Å². The van der Waals surface area contributed by atoms with Gasteiger partial charge in [-0.1, -0.05) is 41.9 Å². The van der Waals surface area contributed by atoms with Gasteiger partial charge in [-0.3, -0.25) is 24.0 Å². The lowest BCUT2D eigenvalue weighted by Gasteiger charge is -2.27. The highest BCUT2D eigenvalue weighted by atomic mass is 35.5. The maximum Gasteiger partial charge on any atom is 0.333 e. The molecule has 1 atom stereocenters. The molecule has 0 N–H and O–H groups in total. The molecule has 8 nitrogen and oxygen atoms in total. The molecular formula is C21H16ClN3O5. The minimum absolute atomic E-state index is 0.0806. The van der Waals surface area contributed by atoms with E-state index in [4.69, 9.17) is 16.3 Å². The number of benzene rings is 2. The summed E-state index contributed by atoms with van der Waals surface area (Å²) in [4.78, 5) is 36.3. The van der Waals surface area contributed by atoms with Crippen LogP contribution in [0.4, 0.5) is 5.69 Å². The van der Waals surface area contributed by atoms with Gasteiger partial charge in [-0.15, -0.1) is 0 Å². The monoisotopic (exact) mass is 425 g/mol. The average Bonchev–Trinajstić information content (AvgIpc) is 2.76. The van der Waals surface area contributed by atoms with Crippen LogP contribution in [-0.2, 0) is 14.1 Å². The van der Waals surface area contributed by atoms with Gasteiger partial charge in [-0.05, 0) is 17.7 Å². The van der Waals surface area contributed by atoms with Crippen LogP contribution >= 0.6 is 11.6 Å². The number of nitro benzene ring substituents is 1. The van der Waals surface area contributed by atoms with Crippen LogP contribution in [0.5, 0.6) is 5.88 Å². The van der Waals surface area contributed by atoms with Crippen LogP contribution in [0, 0.1) is 10.1 Å². The van der Waals surface area contributed by atoms with E-state index < -0.39 is 22.1 Å². The summed E-state index contributed by atoms with van der Waals surface area (Å²) < 4.78 is 8.18. The fraction of sp³-hybridized carbons (Fsp3) is 0.143. The van der Waals surface area contributed by atoms with Crippen LogP contribution < -0.4 is 16.0 Å². The van der Waals surface area contributed by atoms with Crippen LogP contribution in [0.2, 0.25) is 5.02 Å². The molecule has 9 heteroatoms. The minimum atomic E-state index is -0.748. The standard InChI is InChI=1S/C21H16ClN3O5/c1-23-19(26)18-15(14-10-13(25(28)29)8-9-16(14)22)11-17(12-6-4-3-5-7-12)30-20(18)24(2)21(23)27/h3-11,15H,1-2H3/t15-/m0/s1. The van der Waals surface area contributed by atoms with E-state index in [1.54, 1.807) is 6.08 Å². The molecule has 4 rings (SSSR count). The molecule has 0 bridgehead atoms. The second kappa shape index (κ2) is 7.31. The fourth-order valence-electron chi connectivity index (χ4n) is 3.50. The molecular weight excluding hydrogens is 410 g/mol. The van der Waals surface area contributed by atoms with Crippen LogP contribution in [-0.4, -0.2) is 14.1 Å². The molecule has 1 aliphatic heterocycles. The van der Waals surface area contributed by atoms with Gasteiger partial charge in [0.15, 0.2) is 0 Å². The van der Waals surface area contributed by atoms with Gasteiger partial charge in [0.1, 0.15) is 5.76 Å². The first-order chi connectivity index (χ1) is 14.3. The number of rotatable bonds is 3. The van der Waals surface area contributed by atoms with Crippen LogP contribution in [0.3, 0.4) is 0 Å². The molecule has 1 aromatic heterocycles. The van der Waals surface area contributed by atoms with Gasteiger partial charge >= 0.3 is 5.69 Å². The third-order valence-electron chi connectivity index (χ3n) is 5.06. The van der Waals surface area contributed by atoms with Crippen LogP contribution in [0.15, 0.2) is 64.2 Å². The van der Waals surface area contributed by atoms with E-state index in [0.29, 0.717) is 11.3 Å². The van der Waals surface area contributed by atoms with E-state index in [0.717, 1.165) is 10.1 Å². The molecule has 0 amide bonds. The quantitative estimate of drug-likeness (QED) is 0.474. The second-order valence-electron chi connectivity index (χ2n) is 6.86. The third-order valence-corrected chi connectivity index (χ3v) is 5.41. The van der Waals surface area contributed by atoms with Gasteiger partial charge in [0.05, 0.1) is 10.5 Å². The Balaban J connectivity index is 2.05. The summed E-state index contributed by atoms with van der Waals surface area (Å²) in [5, 5.41) is 11.6. The zero-order valence-electron chi connectivity index (χ0n) is 16.0. The second-order valence-corrected chi connectivity index (χ2v) is 7.27. The predicted octanol–water partition coefficient (Wildman–Crippen LogP) is 3.21. The van der Waals surface area contributed by atoms with Gasteiger partial charge < -0.3 is 4.74 Å². The van der Waals surface area contributed by atoms with E-state index in [1.807, 2.05) is 30.3 Å². The van der Waals surface area contributed by atoms with Crippen molar-refractivity contribution in [2.45, 2.75) is 5.92 Å². The summed E-state index contributed by atoms with van der Waals surface area (Å²) in [7, 11) is 2.87. The summed E-state index contributed by atoms with van der Waals surface area (Å²) in [5.41, 5.74) is 0.0313. The Labute approximate surface area is 175 Å². The number of nitrogens with zero attached hydrogens (tertiary/aromatic N) is 3. The first-order valence-corrected chi connectivity index (χ1v) is 9.36. The zero-order chi connectivity index (χ0) is 21.6.